The Hall–Kier alpha value is -0.410. The molecule has 0 amide bonds. The topological polar surface area (TPSA) is 12.4 Å². The monoisotopic (exact) mass is 169 g/mol. The van der Waals surface area contributed by atoms with Gasteiger partial charge >= 0.3 is 0 Å². The third-order valence-corrected chi connectivity index (χ3v) is 1.78. The summed E-state index contributed by atoms with van der Waals surface area (Å²) in [6.07, 6.45) is 9.57. The summed E-state index contributed by atoms with van der Waals surface area (Å²) < 4.78 is 4.12. The SMILES string of the molecule is CS/N=C1/C=CC=CC1=S. The molecule has 0 spiro atoms. The van der Waals surface area contributed by atoms with Crippen LogP contribution in [0.3, 0.4) is 0 Å². The smallest absolute Gasteiger partial charge is 0.0893 e. The van der Waals surface area contributed by atoms with Gasteiger partial charge in [-0.1, -0.05) is 24.4 Å². The minimum atomic E-state index is 0.817. The van der Waals surface area contributed by atoms with Crippen molar-refractivity contribution in [1.82, 2.24) is 0 Å². The molecule has 10 heavy (non-hydrogen) atoms. The van der Waals surface area contributed by atoms with E-state index in [0.717, 1.165) is 10.6 Å². The molecule has 0 atom stereocenters. The molecule has 52 valence electrons. The van der Waals surface area contributed by atoms with Gasteiger partial charge in [-0.15, -0.1) is 0 Å². The Morgan fingerprint density at radius 1 is 1.40 bits per heavy atom. The molecule has 0 unspecified atom stereocenters. The van der Waals surface area contributed by atoms with Crippen LogP contribution < -0.4 is 0 Å². The fourth-order valence-corrected chi connectivity index (χ4v) is 1.24. The molecule has 1 nitrogen and oxygen atoms in total. The van der Waals surface area contributed by atoms with Crippen LogP contribution in [0.2, 0.25) is 0 Å². The van der Waals surface area contributed by atoms with Gasteiger partial charge in [0.1, 0.15) is 0 Å². The molecule has 0 bridgehead atoms. The average Bonchev–Trinajstić information content (AvgIpc) is 1.94. The second kappa shape index (κ2) is 3.68. The Morgan fingerprint density at radius 2 is 2.10 bits per heavy atom. The quantitative estimate of drug-likeness (QED) is 0.441. The molecule has 0 heterocycles. The van der Waals surface area contributed by atoms with Crippen molar-refractivity contribution in [3.63, 3.8) is 0 Å². The summed E-state index contributed by atoms with van der Waals surface area (Å²) >= 11 is 6.44. The van der Waals surface area contributed by atoms with Crippen LogP contribution >= 0.6 is 24.2 Å². The van der Waals surface area contributed by atoms with Crippen LogP contribution in [0.1, 0.15) is 0 Å². The number of allylic oxidation sites excluding steroid dienone is 4. The standard InChI is InChI=1S/C7H7NS2/c1-10-8-6-4-2-3-5-7(6)9/h2-5H,1H3/b8-6-. The molecule has 0 aromatic rings. The molecule has 0 fully saturated rings. The number of thiocarbonyl (C=S) groups is 1. The molecular formula is C7H7NS2. The Balaban J connectivity index is 2.80. The van der Waals surface area contributed by atoms with E-state index in [-0.39, 0.29) is 0 Å². The molecule has 0 N–H and O–H groups in total. The molecule has 1 rings (SSSR count). The molecule has 1 aliphatic rings. The van der Waals surface area contributed by atoms with Gasteiger partial charge in [-0.2, -0.15) is 0 Å². The lowest BCUT2D eigenvalue weighted by Crippen LogP contribution is -2.06. The van der Waals surface area contributed by atoms with Crippen molar-refractivity contribution in [2.75, 3.05) is 6.26 Å². The van der Waals surface area contributed by atoms with Crippen molar-refractivity contribution in [3.8, 4) is 0 Å². The number of hydrogen-bond donors (Lipinski definition) is 0. The van der Waals surface area contributed by atoms with E-state index in [1.807, 2.05) is 30.6 Å². The summed E-state index contributed by atoms with van der Waals surface area (Å²) in [4.78, 5) is 0.817. The Labute approximate surface area is 70.1 Å². The van der Waals surface area contributed by atoms with E-state index in [2.05, 4.69) is 4.40 Å². The van der Waals surface area contributed by atoms with Gasteiger partial charge in [-0.3, -0.25) is 0 Å². The molecule has 0 radical (unpaired) electrons. The van der Waals surface area contributed by atoms with Gasteiger partial charge in [0.05, 0.1) is 10.6 Å². The normalized spacial score (nSPS) is 20.5. The minimum absolute atomic E-state index is 0.817. The number of nitrogens with zero attached hydrogens (tertiary/aromatic N) is 1. The van der Waals surface area contributed by atoms with Gasteiger partial charge < -0.3 is 0 Å². The third-order valence-electron chi connectivity index (χ3n) is 1.05. The van der Waals surface area contributed by atoms with Gasteiger partial charge in [0.15, 0.2) is 0 Å². The van der Waals surface area contributed by atoms with Gasteiger partial charge in [-0.25, -0.2) is 4.40 Å². The van der Waals surface area contributed by atoms with Gasteiger partial charge in [0.25, 0.3) is 0 Å². The van der Waals surface area contributed by atoms with E-state index >= 15 is 0 Å². The first-order chi connectivity index (χ1) is 4.84. The minimum Gasteiger partial charge on any atom is -0.216 e. The largest absolute Gasteiger partial charge is 0.216 e. The fraction of sp³-hybridized carbons (Fsp3) is 0.143. The fourth-order valence-electron chi connectivity index (χ4n) is 0.631. The van der Waals surface area contributed by atoms with E-state index in [1.54, 1.807) is 0 Å². The van der Waals surface area contributed by atoms with Gasteiger partial charge in [0.2, 0.25) is 0 Å². The summed E-state index contributed by atoms with van der Waals surface area (Å²) in [5.74, 6) is 0. The molecule has 0 saturated carbocycles. The maximum atomic E-state index is 5.01. The predicted molar refractivity (Wildman–Crippen MR) is 51.8 cm³/mol. The highest BCUT2D eigenvalue weighted by molar-refractivity contribution is 7.97. The third kappa shape index (κ3) is 1.78. The number of hydrogen-bond acceptors (Lipinski definition) is 3. The Morgan fingerprint density at radius 3 is 2.70 bits per heavy atom. The zero-order chi connectivity index (χ0) is 7.40. The van der Waals surface area contributed by atoms with Crippen LogP contribution in [0.4, 0.5) is 0 Å². The average molecular weight is 169 g/mol. The zero-order valence-electron chi connectivity index (χ0n) is 5.57. The highest BCUT2D eigenvalue weighted by atomic mass is 32.2. The first-order valence-electron chi connectivity index (χ1n) is 2.85. The van der Waals surface area contributed by atoms with Crippen LogP contribution in [0.25, 0.3) is 0 Å². The van der Waals surface area contributed by atoms with E-state index in [0.29, 0.717) is 0 Å². The zero-order valence-corrected chi connectivity index (χ0v) is 7.21. The number of rotatable bonds is 1. The highest BCUT2D eigenvalue weighted by Crippen LogP contribution is 2.03. The van der Waals surface area contributed by atoms with Crippen molar-refractivity contribution in [2.24, 2.45) is 4.40 Å². The highest BCUT2D eigenvalue weighted by Gasteiger charge is 2.00. The summed E-state index contributed by atoms with van der Waals surface area (Å²) in [7, 11) is 0. The van der Waals surface area contributed by atoms with Crippen LogP contribution in [0, 0.1) is 0 Å². The van der Waals surface area contributed by atoms with Crippen molar-refractivity contribution in [3.05, 3.63) is 24.3 Å². The molecular weight excluding hydrogens is 162 g/mol. The van der Waals surface area contributed by atoms with Crippen molar-refractivity contribution < 1.29 is 0 Å². The van der Waals surface area contributed by atoms with E-state index in [4.69, 9.17) is 12.2 Å². The summed E-state index contributed by atoms with van der Waals surface area (Å²) in [6.45, 7) is 0. The van der Waals surface area contributed by atoms with E-state index in [1.165, 1.54) is 11.9 Å². The lowest BCUT2D eigenvalue weighted by molar-refractivity contribution is 1.87. The summed E-state index contributed by atoms with van der Waals surface area (Å²) in [5, 5.41) is 0. The van der Waals surface area contributed by atoms with Crippen molar-refractivity contribution >= 4 is 34.7 Å². The van der Waals surface area contributed by atoms with Crippen LogP contribution in [-0.4, -0.2) is 16.8 Å². The maximum absolute atomic E-state index is 5.01. The van der Waals surface area contributed by atoms with Crippen molar-refractivity contribution in [1.29, 1.82) is 0 Å². The molecule has 0 aromatic carbocycles. The van der Waals surface area contributed by atoms with E-state index in [9.17, 15) is 0 Å². The van der Waals surface area contributed by atoms with Gasteiger partial charge in [0, 0.05) is 6.26 Å². The first-order valence-corrected chi connectivity index (χ1v) is 4.44. The van der Waals surface area contributed by atoms with Crippen molar-refractivity contribution in [2.45, 2.75) is 0 Å². The Kier molecular flexibility index (Phi) is 2.83. The second-order valence-electron chi connectivity index (χ2n) is 1.74. The second-order valence-corrected chi connectivity index (χ2v) is 2.73. The maximum Gasteiger partial charge on any atom is 0.0893 e. The lowest BCUT2D eigenvalue weighted by atomic mass is 10.2. The molecule has 0 saturated heterocycles. The summed E-state index contributed by atoms with van der Waals surface area (Å²) in [5.41, 5.74) is 0.894. The van der Waals surface area contributed by atoms with E-state index < -0.39 is 0 Å². The lowest BCUT2D eigenvalue weighted by Gasteiger charge is -1.99. The predicted octanol–water partition coefficient (Wildman–Crippen LogP) is 2.20. The Bertz CT molecular complexity index is 226. The molecule has 0 aromatic heterocycles. The summed E-state index contributed by atoms with van der Waals surface area (Å²) in [6, 6.07) is 0. The first kappa shape index (κ1) is 7.69. The molecule has 1 aliphatic carbocycles. The van der Waals surface area contributed by atoms with Crippen LogP contribution in [0.5, 0.6) is 0 Å². The van der Waals surface area contributed by atoms with Crippen LogP contribution in [0.15, 0.2) is 28.7 Å². The van der Waals surface area contributed by atoms with Crippen LogP contribution in [-0.2, 0) is 0 Å². The molecule has 0 aliphatic heterocycles. The van der Waals surface area contributed by atoms with Gasteiger partial charge in [-0.05, 0) is 24.1 Å². The molecule has 3 heteroatoms.